The summed E-state index contributed by atoms with van der Waals surface area (Å²) in [4.78, 5) is 13.0. The number of hydrogen-bond donors (Lipinski definition) is 1. The van der Waals surface area contributed by atoms with Crippen LogP contribution in [0.5, 0.6) is 0 Å². The average molecular weight is 372 g/mol. The fourth-order valence-electron chi connectivity index (χ4n) is 3.26. The Kier molecular flexibility index (Phi) is 5.26. The number of ether oxygens (including phenoxy) is 1. The van der Waals surface area contributed by atoms with Crippen molar-refractivity contribution in [3.63, 3.8) is 0 Å². The van der Waals surface area contributed by atoms with Gasteiger partial charge < -0.3 is 14.7 Å². The van der Waals surface area contributed by atoms with Crippen molar-refractivity contribution in [3.8, 4) is 0 Å². The molecule has 0 aliphatic carbocycles. The van der Waals surface area contributed by atoms with E-state index in [1.165, 1.54) is 4.31 Å². The second-order valence-corrected chi connectivity index (χ2v) is 8.11. The van der Waals surface area contributed by atoms with E-state index in [2.05, 4.69) is 0 Å². The zero-order valence-corrected chi connectivity index (χ0v) is 14.6. The number of anilines is 1. The molecule has 9 heteroatoms. The normalized spacial score (nSPS) is 19.8. The van der Waals surface area contributed by atoms with Gasteiger partial charge in [0.1, 0.15) is 5.82 Å². The van der Waals surface area contributed by atoms with Gasteiger partial charge in [-0.2, -0.15) is 4.31 Å². The maximum atomic E-state index is 14.7. The van der Waals surface area contributed by atoms with Crippen LogP contribution in [0.2, 0.25) is 0 Å². The van der Waals surface area contributed by atoms with E-state index >= 15 is 0 Å². The lowest BCUT2D eigenvalue weighted by molar-refractivity contribution is 0.0696. The van der Waals surface area contributed by atoms with Gasteiger partial charge in [0.15, 0.2) is 0 Å². The second kappa shape index (κ2) is 7.27. The molecule has 2 aliphatic rings. The monoisotopic (exact) mass is 372 g/mol. The first-order valence-electron chi connectivity index (χ1n) is 8.31. The Morgan fingerprint density at radius 2 is 1.72 bits per heavy atom. The molecule has 2 heterocycles. The number of halogens is 1. The standard InChI is InChI=1S/C16H21FN2O5S/c17-14-11-12(25(22,23)19-6-8-24-9-7-19)10-13(16(20)21)15(14)18-4-2-1-3-5-18/h10-11H,1-9H2,(H,20,21). The van der Waals surface area contributed by atoms with E-state index < -0.39 is 21.8 Å². The Bertz CT molecular complexity index is 756. The van der Waals surface area contributed by atoms with Gasteiger partial charge in [0.05, 0.1) is 29.4 Å². The first-order chi connectivity index (χ1) is 11.9. The SMILES string of the molecule is O=C(O)c1cc(S(=O)(=O)N2CCOCC2)cc(F)c1N1CCCCC1. The molecule has 2 saturated heterocycles. The van der Waals surface area contributed by atoms with Crippen molar-refractivity contribution in [2.75, 3.05) is 44.3 Å². The summed E-state index contributed by atoms with van der Waals surface area (Å²) in [7, 11) is -3.96. The first kappa shape index (κ1) is 18.1. The average Bonchev–Trinajstić information content (AvgIpc) is 2.62. The molecule has 138 valence electrons. The summed E-state index contributed by atoms with van der Waals surface area (Å²) in [6, 6.07) is 2.00. The minimum Gasteiger partial charge on any atom is -0.478 e. The zero-order chi connectivity index (χ0) is 18.0. The van der Waals surface area contributed by atoms with E-state index in [9.17, 15) is 22.7 Å². The van der Waals surface area contributed by atoms with Crippen molar-refractivity contribution in [2.45, 2.75) is 24.2 Å². The fraction of sp³-hybridized carbons (Fsp3) is 0.562. The maximum absolute atomic E-state index is 14.7. The van der Waals surface area contributed by atoms with Gasteiger partial charge in [-0.25, -0.2) is 17.6 Å². The van der Waals surface area contributed by atoms with Crippen molar-refractivity contribution in [1.29, 1.82) is 0 Å². The van der Waals surface area contributed by atoms with E-state index in [1.807, 2.05) is 0 Å². The third kappa shape index (κ3) is 3.63. The predicted octanol–water partition coefficient (Wildman–Crippen LogP) is 1.54. The highest BCUT2D eigenvalue weighted by atomic mass is 32.2. The Labute approximate surface area is 146 Å². The van der Waals surface area contributed by atoms with Crippen LogP contribution in [0, 0.1) is 5.82 Å². The third-order valence-corrected chi connectivity index (χ3v) is 6.42. The molecular formula is C16H21FN2O5S. The number of aromatic carboxylic acids is 1. The van der Waals surface area contributed by atoms with Gasteiger partial charge in [0.2, 0.25) is 10.0 Å². The largest absolute Gasteiger partial charge is 0.478 e. The van der Waals surface area contributed by atoms with Gasteiger partial charge in [-0.05, 0) is 31.4 Å². The molecule has 2 fully saturated rings. The van der Waals surface area contributed by atoms with Crippen molar-refractivity contribution in [1.82, 2.24) is 4.31 Å². The number of carboxylic acids is 1. The minimum atomic E-state index is -3.96. The minimum absolute atomic E-state index is 0.0203. The molecule has 25 heavy (non-hydrogen) atoms. The van der Waals surface area contributed by atoms with Gasteiger partial charge >= 0.3 is 5.97 Å². The quantitative estimate of drug-likeness (QED) is 0.863. The number of carbonyl (C=O) groups is 1. The molecule has 0 atom stereocenters. The van der Waals surface area contributed by atoms with Crippen molar-refractivity contribution >= 4 is 21.7 Å². The van der Waals surface area contributed by atoms with Crippen LogP contribution in [0.15, 0.2) is 17.0 Å². The number of morpholine rings is 1. The summed E-state index contributed by atoms with van der Waals surface area (Å²) >= 11 is 0. The van der Waals surface area contributed by atoms with Gasteiger partial charge in [0.25, 0.3) is 0 Å². The van der Waals surface area contributed by atoms with E-state index in [4.69, 9.17) is 4.74 Å². The van der Waals surface area contributed by atoms with Crippen LogP contribution < -0.4 is 4.90 Å². The van der Waals surface area contributed by atoms with Crippen molar-refractivity contribution in [2.24, 2.45) is 0 Å². The lowest BCUT2D eigenvalue weighted by atomic mass is 10.1. The van der Waals surface area contributed by atoms with Crippen LogP contribution in [0.4, 0.5) is 10.1 Å². The smallest absolute Gasteiger partial charge is 0.337 e. The molecule has 0 bridgehead atoms. The highest BCUT2D eigenvalue weighted by Crippen LogP contribution is 2.31. The van der Waals surface area contributed by atoms with E-state index in [0.717, 1.165) is 31.4 Å². The van der Waals surface area contributed by atoms with Crippen LogP contribution in [0.1, 0.15) is 29.6 Å². The molecule has 1 N–H and O–H groups in total. The van der Waals surface area contributed by atoms with Gasteiger partial charge in [-0.1, -0.05) is 0 Å². The Morgan fingerprint density at radius 1 is 1.08 bits per heavy atom. The van der Waals surface area contributed by atoms with Gasteiger partial charge in [-0.3, -0.25) is 0 Å². The number of hydrogen-bond acceptors (Lipinski definition) is 5. The second-order valence-electron chi connectivity index (χ2n) is 6.17. The number of sulfonamides is 1. The number of nitrogens with zero attached hydrogens (tertiary/aromatic N) is 2. The number of benzene rings is 1. The van der Waals surface area contributed by atoms with E-state index in [-0.39, 0.29) is 42.4 Å². The third-order valence-electron chi connectivity index (χ3n) is 4.55. The molecule has 1 aromatic rings. The maximum Gasteiger partial charge on any atom is 0.337 e. The summed E-state index contributed by atoms with van der Waals surface area (Å²) in [5, 5.41) is 9.50. The lowest BCUT2D eigenvalue weighted by Gasteiger charge is -2.31. The lowest BCUT2D eigenvalue weighted by Crippen LogP contribution is -2.40. The number of rotatable bonds is 4. The van der Waals surface area contributed by atoms with Crippen LogP contribution in [-0.2, 0) is 14.8 Å². The molecule has 0 aromatic heterocycles. The van der Waals surface area contributed by atoms with Crippen LogP contribution in [0.3, 0.4) is 0 Å². The van der Waals surface area contributed by atoms with Gasteiger partial charge in [0, 0.05) is 26.2 Å². The molecule has 2 aliphatic heterocycles. The topological polar surface area (TPSA) is 87.1 Å². The van der Waals surface area contributed by atoms with E-state index in [0.29, 0.717) is 13.1 Å². The number of piperidine rings is 1. The molecule has 3 rings (SSSR count). The Morgan fingerprint density at radius 3 is 2.32 bits per heavy atom. The van der Waals surface area contributed by atoms with Crippen molar-refractivity contribution < 1.29 is 27.4 Å². The van der Waals surface area contributed by atoms with E-state index in [1.54, 1.807) is 4.90 Å². The van der Waals surface area contributed by atoms with Crippen molar-refractivity contribution in [3.05, 3.63) is 23.5 Å². The molecule has 0 radical (unpaired) electrons. The van der Waals surface area contributed by atoms with Crippen LogP contribution in [-0.4, -0.2) is 63.2 Å². The molecule has 0 unspecified atom stereocenters. The first-order valence-corrected chi connectivity index (χ1v) is 9.75. The van der Waals surface area contributed by atoms with Gasteiger partial charge in [-0.15, -0.1) is 0 Å². The summed E-state index contributed by atoms with van der Waals surface area (Å²) in [5.41, 5.74) is -0.332. The molecule has 0 amide bonds. The Hall–Kier alpha value is -1.71. The summed E-state index contributed by atoms with van der Waals surface area (Å²) in [6.45, 7) is 1.98. The Balaban J connectivity index is 2.03. The number of carboxylic acid groups (broad SMARTS) is 1. The molecule has 0 spiro atoms. The van der Waals surface area contributed by atoms with Crippen LogP contribution in [0.25, 0.3) is 0 Å². The highest BCUT2D eigenvalue weighted by Gasteiger charge is 2.31. The van der Waals surface area contributed by atoms with Crippen LogP contribution >= 0.6 is 0 Å². The highest BCUT2D eigenvalue weighted by molar-refractivity contribution is 7.89. The molecular weight excluding hydrogens is 351 g/mol. The summed E-state index contributed by atoms with van der Waals surface area (Å²) in [6.07, 6.45) is 2.72. The fourth-order valence-corrected chi connectivity index (χ4v) is 4.71. The molecule has 7 nitrogen and oxygen atoms in total. The molecule has 1 aromatic carbocycles. The zero-order valence-electron chi connectivity index (χ0n) is 13.8. The molecule has 0 saturated carbocycles. The summed E-state index contributed by atoms with van der Waals surface area (Å²) < 4.78 is 46.5. The predicted molar refractivity (Wildman–Crippen MR) is 89.0 cm³/mol. The summed E-state index contributed by atoms with van der Waals surface area (Å²) in [5.74, 6) is -2.15.